The van der Waals surface area contributed by atoms with Gasteiger partial charge in [0.1, 0.15) is 6.79 Å². The zero-order valence-corrected chi connectivity index (χ0v) is 8.71. The number of halogens is 2. The lowest BCUT2D eigenvalue weighted by Gasteiger charge is -2.23. The molecule has 0 bridgehead atoms. The molecule has 1 aliphatic rings. The third-order valence-electron chi connectivity index (χ3n) is 2.44. The SMILES string of the molecule is Fc1cccc(NCC2CCOCO2)c1F. The number of hydrogen-bond acceptors (Lipinski definition) is 3. The molecule has 16 heavy (non-hydrogen) atoms. The van der Waals surface area contributed by atoms with E-state index in [1.165, 1.54) is 12.1 Å². The summed E-state index contributed by atoms with van der Waals surface area (Å²) in [4.78, 5) is 0. The average Bonchev–Trinajstić information content (AvgIpc) is 2.32. The first kappa shape index (κ1) is 11.3. The molecule has 1 N–H and O–H groups in total. The quantitative estimate of drug-likeness (QED) is 0.861. The van der Waals surface area contributed by atoms with Gasteiger partial charge < -0.3 is 14.8 Å². The zero-order chi connectivity index (χ0) is 11.4. The molecular formula is C11H13F2NO2. The van der Waals surface area contributed by atoms with Crippen LogP contribution in [-0.4, -0.2) is 26.0 Å². The molecule has 1 aromatic carbocycles. The lowest BCUT2D eigenvalue weighted by Crippen LogP contribution is -2.30. The maximum absolute atomic E-state index is 13.3. The molecule has 5 heteroatoms. The van der Waals surface area contributed by atoms with Crippen LogP contribution < -0.4 is 5.32 Å². The minimum absolute atomic E-state index is 0.0172. The van der Waals surface area contributed by atoms with Gasteiger partial charge in [-0.05, 0) is 18.6 Å². The third-order valence-corrected chi connectivity index (χ3v) is 2.44. The van der Waals surface area contributed by atoms with Crippen LogP contribution in [0.3, 0.4) is 0 Å². The van der Waals surface area contributed by atoms with E-state index in [2.05, 4.69) is 5.32 Å². The minimum Gasteiger partial charge on any atom is -0.380 e. The molecule has 2 rings (SSSR count). The molecule has 1 aliphatic heterocycles. The van der Waals surface area contributed by atoms with Crippen LogP contribution in [0.5, 0.6) is 0 Å². The summed E-state index contributed by atoms with van der Waals surface area (Å²) in [5.74, 6) is -1.70. The van der Waals surface area contributed by atoms with Gasteiger partial charge in [0.2, 0.25) is 0 Å². The molecule has 1 unspecified atom stereocenters. The second-order valence-corrected chi connectivity index (χ2v) is 3.59. The van der Waals surface area contributed by atoms with Crippen LogP contribution in [0.15, 0.2) is 18.2 Å². The molecule has 1 fully saturated rings. The smallest absolute Gasteiger partial charge is 0.181 e. The molecule has 0 aliphatic carbocycles. The number of hydrogen-bond donors (Lipinski definition) is 1. The van der Waals surface area contributed by atoms with Crippen molar-refractivity contribution in [2.24, 2.45) is 0 Å². The van der Waals surface area contributed by atoms with Crippen LogP contribution >= 0.6 is 0 Å². The highest BCUT2D eigenvalue weighted by Gasteiger charge is 2.15. The van der Waals surface area contributed by atoms with Crippen molar-refractivity contribution < 1.29 is 18.3 Å². The maximum Gasteiger partial charge on any atom is 0.181 e. The van der Waals surface area contributed by atoms with Crippen LogP contribution in [0.1, 0.15) is 6.42 Å². The zero-order valence-electron chi connectivity index (χ0n) is 8.71. The number of rotatable bonds is 3. The van der Waals surface area contributed by atoms with Gasteiger partial charge >= 0.3 is 0 Å². The van der Waals surface area contributed by atoms with E-state index in [1.54, 1.807) is 0 Å². The molecule has 1 aromatic rings. The Kier molecular flexibility index (Phi) is 3.69. The lowest BCUT2D eigenvalue weighted by atomic mass is 10.2. The fraction of sp³-hybridized carbons (Fsp3) is 0.455. The highest BCUT2D eigenvalue weighted by atomic mass is 19.2. The second-order valence-electron chi connectivity index (χ2n) is 3.59. The Hall–Kier alpha value is -1.20. The fourth-order valence-corrected chi connectivity index (χ4v) is 1.53. The fourth-order valence-electron chi connectivity index (χ4n) is 1.53. The molecule has 1 saturated heterocycles. The van der Waals surface area contributed by atoms with Crippen LogP contribution in [-0.2, 0) is 9.47 Å². The first-order chi connectivity index (χ1) is 7.77. The van der Waals surface area contributed by atoms with E-state index in [0.29, 0.717) is 13.2 Å². The van der Waals surface area contributed by atoms with Crippen LogP contribution in [0.2, 0.25) is 0 Å². The van der Waals surface area contributed by atoms with Gasteiger partial charge in [-0.3, -0.25) is 0 Å². The molecule has 88 valence electrons. The second kappa shape index (κ2) is 5.23. The van der Waals surface area contributed by atoms with Crippen molar-refractivity contribution in [2.75, 3.05) is 25.3 Å². The third kappa shape index (κ3) is 2.68. The van der Waals surface area contributed by atoms with Gasteiger partial charge in [0.15, 0.2) is 11.6 Å². The van der Waals surface area contributed by atoms with Gasteiger partial charge in [-0.2, -0.15) is 0 Å². The Morgan fingerprint density at radius 2 is 2.25 bits per heavy atom. The Balaban J connectivity index is 1.91. The summed E-state index contributed by atoms with van der Waals surface area (Å²) in [6.45, 7) is 1.35. The summed E-state index contributed by atoms with van der Waals surface area (Å²) in [5, 5.41) is 2.83. The molecule has 1 atom stereocenters. The Bertz CT molecular complexity index is 354. The standard InChI is InChI=1S/C11H13F2NO2/c12-9-2-1-3-10(11(9)13)14-6-8-4-5-15-7-16-8/h1-3,8,14H,4-7H2. The molecule has 0 radical (unpaired) electrons. The Labute approximate surface area is 92.4 Å². The van der Waals surface area contributed by atoms with Gasteiger partial charge in [-0.25, -0.2) is 8.78 Å². The summed E-state index contributed by atoms with van der Waals surface area (Å²) in [6.07, 6.45) is 0.737. The van der Waals surface area contributed by atoms with Gasteiger partial charge in [0, 0.05) is 6.54 Å². The van der Waals surface area contributed by atoms with E-state index < -0.39 is 11.6 Å². The van der Waals surface area contributed by atoms with Crippen molar-refractivity contribution in [3.63, 3.8) is 0 Å². The predicted octanol–water partition coefficient (Wildman–Crippen LogP) is 2.14. The van der Waals surface area contributed by atoms with Crippen molar-refractivity contribution in [3.05, 3.63) is 29.8 Å². The number of nitrogens with one attached hydrogen (secondary N) is 1. The number of ether oxygens (including phenoxy) is 2. The van der Waals surface area contributed by atoms with Gasteiger partial charge in [0.25, 0.3) is 0 Å². The first-order valence-corrected chi connectivity index (χ1v) is 5.14. The molecule has 3 nitrogen and oxygen atoms in total. The summed E-state index contributed by atoms with van der Waals surface area (Å²) in [5.41, 5.74) is 0.162. The van der Waals surface area contributed by atoms with Gasteiger partial charge in [-0.15, -0.1) is 0 Å². The summed E-state index contributed by atoms with van der Waals surface area (Å²) >= 11 is 0. The maximum atomic E-state index is 13.3. The monoisotopic (exact) mass is 229 g/mol. The molecule has 1 heterocycles. The molecule has 0 saturated carbocycles. The van der Waals surface area contributed by atoms with Crippen molar-refractivity contribution >= 4 is 5.69 Å². The van der Waals surface area contributed by atoms with E-state index in [9.17, 15) is 8.78 Å². The van der Waals surface area contributed by atoms with E-state index in [0.717, 1.165) is 12.5 Å². The largest absolute Gasteiger partial charge is 0.380 e. The van der Waals surface area contributed by atoms with Crippen LogP contribution in [0.4, 0.5) is 14.5 Å². The van der Waals surface area contributed by atoms with E-state index in [4.69, 9.17) is 9.47 Å². The highest BCUT2D eigenvalue weighted by Crippen LogP contribution is 2.17. The normalized spacial score (nSPS) is 20.8. The minimum atomic E-state index is -0.852. The van der Waals surface area contributed by atoms with E-state index >= 15 is 0 Å². The predicted molar refractivity (Wildman–Crippen MR) is 55.2 cm³/mol. The van der Waals surface area contributed by atoms with Gasteiger partial charge in [0.05, 0.1) is 18.4 Å². The van der Waals surface area contributed by atoms with Crippen molar-refractivity contribution in [2.45, 2.75) is 12.5 Å². The molecule has 0 spiro atoms. The summed E-state index contributed by atoms with van der Waals surface area (Å²) in [6, 6.07) is 4.05. The van der Waals surface area contributed by atoms with Crippen molar-refractivity contribution in [1.82, 2.24) is 0 Å². The molecular weight excluding hydrogens is 216 g/mol. The number of benzene rings is 1. The lowest BCUT2D eigenvalue weighted by molar-refractivity contribution is -0.133. The van der Waals surface area contributed by atoms with Crippen molar-refractivity contribution in [3.8, 4) is 0 Å². The van der Waals surface area contributed by atoms with E-state index in [1.807, 2.05) is 0 Å². The van der Waals surface area contributed by atoms with Gasteiger partial charge in [-0.1, -0.05) is 6.07 Å². The summed E-state index contributed by atoms with van der Waals surface area (Å²) < 4.78 is 36.4. The number of anilines is 1. The Morgan fingerprint density at radius 1 is 1.38 bits per heavy atom. The van der Waals surface area contributed by atoms with E-state index in [-0.39, 0.29) is 18.6 Å². The van der Waals surface area contributed by atoms with Crippen molar-refractivity contribution in [1.29, 1.82) is 0 Å². The molecule has 0 amide bonds. The van der Waals surface area contributed by atoms with Crippen LogP contribution in [0.25, 0.3) is 0 Å². The average molecular weight is 229 g/mol. The summed E-state index contributed by atoms with van der Waals surface area (Å²) in [7, 11) is 0. The first-order valence-electron chi connectivity index (χ1n) is 5.14. The topological polar surface area (TPSA) is 30.5 Å². The van der Waals surface area contributed by atoms with Crippen LogP contribution in [0, 0.1) is 11.6 Å². The Morgan fingerprint density at radius 3 is 3.00 bits per heavy atom. The highest BCUT2D eigenvalue weighted by molar-refractivity contribution is 5.44. The molecule has 0 aromatic heterocycles.